The molecule has 0 saturated heterocycles. The van der Waals surface area contributed by atoms with Crippen LogP contribution in [0.4, 0.5) is 0 Å². The van der Waals surface area contributed by atoms with E-state index < -0.39 is 0 Å². The summed E-state index contributed by atoms with van der Waals surface area (Å²) < 4.78 is 8.00. The molecule has 31 heavy (non-hydrogen) atoms. The Balaban J connectivity index is 4.93. The van der Waals surface area contributed by atoms with Crippen molar-refractivity contribution in [2.75, 3.05) is 0 Å². The minimum absolute atomic E-state index is 0.0234. The van der Waals surface area contributed by atoms with E-state index in [4.69, 9.17) is 4.74 Å². The van der Waals surface area contributed by atoms with Gasteiger partial charge >= 0.3 is 178 Å². The maximum atomic E-state index is 11.6. The van der Waals surface area contributed by atoms with E-state index >= 15 is 0 Å². The number of rotatable bonds is 17. The molecule has 183 valence electrons. The van der Waals surface area contributed by atoms with Crippen molar-refractivity contribution in [2.24, 2.45) is 41.4 Å². The van der Waals surface area contributed by atoms with E-state index in [1.807, 2.05) is 6.92 Å². The average molecular weight is 476 g/mol. The van der Waals surface area contributed by atoms with Crippen molar-refractivity contribution < 1.29 is 31.6 Å². The zero-order valence-corrected chi connectivity index (χ0v) is 23.5. The first-order valence-corrected chi connectivity index (χ1v) is 13.4. The number of carbonyl (C=O) groups is 1. The molecule has 0 aliphatic rings. The van der Waals surface area contributed by atoms with Gasteiger partial charge in [0, 0.05) is 0 Å². The molecular formula is C27H52O3V. The summed E-state index contributed by atoms with van der Waals surface area (Å²) in [7, 11) is 0. The Morgan fingerprint density at radius 1 is 0.903 bits per heavy atom. The summed E-state index contributed by atoms with van der Waals surface area (Å²) in [5.41, 5.74) is 0. The van der Waals surface area contributed by atoms with Gasteiger partial charge in [-0.3, -0.25) is 0 Å². The third-order valence-corrected chi connectivity index (χ3v) is 8.29. The van der Waals surface area contributed by atoms with Crippen LogP contribution in [0.5, 0.6) is 0 Å². The van der Waals surface area contributed by atoms with Crippen LogP contribution in [-0.2, 0) is 26.5 Å². The van der Waals surface area contributed by atoms with Crippen LogP contribution >= 0.6 is 0 Å². The van der Waals surface area contributed by atoms with E-state index in [0.717, 1.165) is 19.1 Å². The molecule has 0 aromatic rings. The molecule has 4 unspecified atom stereocenters. The van der Waals surface area contributed by atoms with Crippen LogP contribution in [0.25, 0.3) is 0 Å². The zero-order valence-electron chi connectivity index (χ0n) is 22.1. The van der Waals surface area contributed by atoms with Crippen LogP contribution in [0.1, 0.15) is 101 Å². The summed E-state index contributed by atoms with van der Waals surface area (Å²) in [6.45, 7) is 21.8. The van der Waals surface area contributed by atoms with E-state index in [-0.39, 0.29) is 36.1 Å². The van der Waals surface area contributed by atoms with Gasteiger partial charge in [-0.05, 0) is 5.92 Å². The molecule has 0 aliphatic carbocycles. The Kier molecular flexibility index (Phi) is 15.8. The molecule has 3 nitrogen and oxygen atoms in total. The molecule has 0 aromatic carbocycles. The fraction of sp³-hybridized carbons (Fsp3) is 0.926. The molecule has 9 atom stereocenters. The predicted octanol–water partition coefficient (Wildman–Crippen LogP) is 6.48. The molecule has 4 heteroatoms. The number of aliphatic hydroxyl groups excluding tert-OH is 1. The van der Waals surface area contributed by atoms with Gasteiger partial charge in [-0.2, -0.15) is 0 Å². The van der Waals surface area contributed by atoms with Gasteiger partial charge in [0.2, 0.25) is 0 Å². The van der Waals surface area contributed by atoms with Crippen molar-refractivity contribution in [1.29, 1.82) is 0 Å². The topological polar surface area (TPSA) is 46.5 Å². The van der Waals surface area contributed by atoms with Crippen LogP contribution in [0, 0.1) is 41.4 Å². The van der Waals surface area contributed by atoms with Crippen molar-refractivity contribution in [2.45, 2.75) is 120 Å². The zero-order chi connectivity index (χ0) is 24.3. The molecule has 0 bridgehead atoms. The monoisotopic (exact) mass is 475 g/mol. The molecule has 0 heterocycles. The Morgan fingerprint density at radius 3 is 1.97 bits per heavy atom. The molecule has 0 spiro atoms. The number of ether oxygens (including phenoxy) is 1. The summed E-state index contributed by atoms with van der Waals surface area (Å²) in [5, 5.41) is 10.3. The molecule has 0 rings (SSSR count). The average Bonchev–Trinajstić information content (AvgIpc) is 2.69. The summed E-state index contributed by atoms with van der Waals surface area (Å²) in [6, 6.07) is 0. The van der Waals surface area contributed by atoms with Gasteiger partial charge in [0.05, 0.1) is 0 Å². The first-order valence-electron chi connectivity index (χ1n) is 12.7. The predicted molar refractivity (Wildman–Crippen MR) is 130 cm³/mol. The fourth-order valence-corrected chi connectivity index (χ4v) is 5.52. The van der Waals surface area contributed by atoms with Crippen molar-refractivity contribution >= 4 is 10.5 Å². The Morgan fingerprint density at radius 2 is 1.48 bits per heavy atom. The third kappa shape index (κ3) is 11.6. The minimum atomic E-state index is -0.320. The number of hydrogen-bond donors (Lipinski definition) is 1. The van der Waals surface area contributed by atoms with Gasteiger partial charge in [0.15, 0.2) is 0 Å². The second-order valence-electron chi connectivity index (χ2n) is 10.9. The normalized spacial score (nSPS) is 20.9. The van der Waals surface area contributed by atoms with Gasteiger partial charge in [-0.15, -0.1) is 0 Å². The molecule has 0 aromatic heterocycles. The Labute approximate surface area is 203 Å². The summed E-state index contributed by atoms with van der Waals surface area (Å²) in [4.78, 5) is 11.6. The quantitative estimate of drug-likeness (QED) is 0.245. The van der Waals surface area contributed by atoms with E-state index in [1.54, 1.807) is 4.23 Å². The molecular weight excluding hydrogens is 423 g/mol. The Bertz CT molecular complexity index is 507. The first kappa shape index (κ1) is 31.0. The summed E-state index contributed by atoms with van der Waals surface area (Å²) in [6.07, 6.45) is 6.20. The number of hydrogen-bond acceptors (Lipinski definition) is 3. The maximum absolute atomic E-state index is 11.6. The second-order valence-corrected chi connectivity index (χ2v) is 11.7. The van der Waals surface area contributed by atoms with E-state index in [9.17, 15) is 9.90 Å². The van der Waals surface area contributed by atoms with Gasteiger partial charge in [0.25, 0.3) is 0 Å². The van der Waals surface area contributed by atoms with E-state index in [1.165, 1.54) is 19.3 Å². The molecule has 0 amide bonds. The summed E-state index contributed by atoms with van der Waals surface area (Å²) >= 11 is 2.84. The molecule has 0 radical (unpaired) electrons. The van der Waals surface area contributed by atoms with Crippen LogP contribution in [-0.4, -0.2) is 33.9 Å². The van der Waals surface area contributed by atoms with Crippen molar-refractivity contribution in [3.05, 3.63) is 0 Å². The number of aldehydes is 1. The van der Waals surface area contributed by atoms with Crippen LogP contribution in [0.3, 0.4) is 0 Å². The fourth-order valence-electron chi connectivity index (χ4n) is 5.15. The van der Waals surface area contributed by atoms with Crippen molar-refractivity contribution in [3.8, 4) is 0 Å². The van der Waals surface area contributed by atoms with Crippen LogP contribution < -0.4 is 0 Å². The van der Waals surface area contributed by atoms with Gasteiger partial charge < -0.3 is 5.11 Å². The first-order chi connectivity index (χ1) is 14.3. The second kappa shape index (κ2) is 15.8. The van der Waals surface area contributed by atoms with E-state index in [0.29, 0.717) is 23.7 Å². The number of carbonyl (C=O) groups excluding carboxylic acids is 1. The van der Waals surface area contributed by atoms with Gasteiger partial charge in [-0.25, -0.2) is 0 Å². The summed E-state index contributed by atoms with van der Waals surface area (Å²) in [5.74, 6) is 2.47. The van der Waals surface area contributed by atoms with Gasteiger partial charge in [0.1, 0.15) is 0 Å². The SMILES string of the molecule is CCC[C@@H](C)[C](=[V])[C@H](C)CC(C)CC(C)C(O[C@H](C)C[C@H](C)[C@@H](O)C(C)C)C(C)C=O. The molecule has 1 N–H and O–H groups in total. The van der Waals surface area contributed by atoms with Crippen LogP contribution in [0.2, 0.25) is 0 Å². The molecule has 0 saturated carbocycles. The van der Waals surface area contributed by atoms with Crippen LogP contribution in [0.15, 0.2) is 0 Å². The van der Waals surface area contributed by atoms with Crippen molar-refractivity contribution in [1.82, 2.24) is 0 Å². The number of aliphatic hydroxyl groups is 1. The molecule has 0 fully saturated rings. The standard InChI is InChI=1S/C27H52O3.V/c1-11-12-19(4)13-20(5)14-21(6)15-23(8)27(24(9)17-28)30-25(10)16-22(7)26(29)18(2)3;/h17-27,29H,11-12,14-16H2,1-10H3;/t19-,20+,21?,22+,23?,24?,25-,26+,27?;/m1./s1. The third-order valence-electron chi connectivity index (χ3n) is 6.91. The van der Waals surface area contributed by atoms with Gasteiger partial charge in [-0.1, -0.05) is 13.8 Å². The van der Waals surface area contributed by atoms with Crippen molar-refractivity contribution in [3.63, 3.8) is 0 Å². The Hall–Kier alpha value is 0.0444. The van der Waals surface area contributed by atoms with E-state index in [2.05, 4.69) is 79.3 Å². The molecule has 0 aliphatic heterocycles.